The highest BCUT2D eigenvalue weighted by molar-refractivity contribution is 9.09. The van der Waals surface area contributed by atoms with Gasteiger partial charge < -0.3 is 0 Å². The Morgan fingerprint density at radius 2 is 2.07 bits per heavy atom. The second-order valence-electron chi connectivity index (χ2n) is 3.14. The number of halogens is 2. The Bertz CT molecular complexity index is 413. The van der Waals surface area contributed by atoms with Gasteiger partial charge in [-0.3, -0.25) is 4.68 Å². The number of nitrogens with zero attached hydrogens (tertiary/aromatic N) is 3. The standard InChI is InChI=1S/C10H9BrClN3/c11-10(5-15-7-13-6-14-15)8-1-3-9(12)4-2-8/h1-4,6-7,10H,5H2. The zero-order valence-electron chi connectivity index (χ0n) is 7.85. The molecule has 0 bridgehead atoms. The molecule has 0 radical (unpaired) electrons. The van der Waals surface area contributed by atoms with E-state index in [9.17, 15) is 0 Å². The Hall–Kier alpha value is -0.870. The van der Waals surface area contributed by atoms with Crippen molar-refractivity contribution in [1.82, 2.24) is 14.8 Å². The first-order valence-corrected chi connectivity index (χ1v) is 5.77. The quantitative estimate of drug-likeness (QED) is 0.812. The van der Waals surface area contributed by atoms with E-state index < -0.39 is 0 Å². The molecule has 0 aliphatic rings. The summed E-state index contributed by atoms with van der Waals surface area (Å²) in [5.74, 6) is 0. The minimum atomic E-state index is 0.219. The van der Waals surface area contributed by atoms with E-state index in [0.717, 1.165) is 11.6 Å². The van der Waals surface area contributed by atoms with Gasteiger partial charge in [0.05, 0.1) is 11.4 Å². The fraction of sp³-hybridized carbons (Fsp3) is 0.200. The molecule has 2 rings (SSSR count). The van der Waals surface area contributed by atoms with Crippen molar-refractivity contribution >= 4 is 27.5 Å². The fourth-order valence-corrected chi connectivity index (χ4v) is 2.00. The van der Waals surface area contributed by atoms with Crippen LogP contribution < -0.4 is 0 Å². The summed E-state index contributed by atoms with van der Waals surface area (Å²) in [4.78, 5) is 4.11. The van der Waals surface area contributed by atoms with Gasteiger partial charge in [-0.25, -0.2) is 4.98 Å². The first-order valence-electron chi connectivity index (χ1n) is 4.47. The molecule has 0 saturated carbocycles. The summed E-state index contributed by atoms with van der Waals surface area (Å²) < 4.78 is 1.79. The smallest absolute Gasteiger partial charge is 0.137 e. The van der Waals surface area contributed by atoms with E-state index in [-0.39, 0.29) is 4.83 Å². The van der Waals surface area contributed by atoms with Crippen LogP contribution in [0.2, 0.25) is 5.02 Å². The second-order valence-corrected chi connectivity index (χ2v) is 4.68. The van der Waals surface area contributed by atoms with Gasteiger partial charge in [-0.1, -0.05) is 39.7 Å². The Labute approximate surface area is 101 Å². The molecule has 3 nitrogen and oxygen atoms in total. The van der Waals surface area contributed by atoms with Crippen LogP contribution in [-0.2, 0) is 6.54 Å². The van der Waals surface area contributed by atoms with Crippen LogP contribution in [0.25, 0.3) is 0 Å². The maximum absolute atomic E-state index is 5.82. The van der Waals surface area contributed by atoms with Crippen molar-refractivity contribution in [2.75, 3.05) is 0 Å². The second kappa shape index (κ2) is 4.77. The summed E-state index contributed by atoms with van der Waals surface area (Å²) in [6.07, 6.45) is 3.23. The van der Waals surface area contributed by atoms with Gasteiger partial charge >= 0.3 is 0 Å². The normalized spacial score (nSPS) is 12.7. The maximum atomic E-state index is 5.82. The Morgan fingerprint density at radius 3 is 2.67 bits per heavy atom. The molecule has 78 valence electrons. The SMILES string of the molecule is Clc1ccc(C(Br)Cn2cncn2)cc1. The summed E-state index contributed by atoms with van der Waals surface area (Å²) in [5.41, 5.74) is 1.18. The lowest BCUT2D eigenvalue weighted by atomic mass is 10.1. The Balaban J connectivity index is 2.08. The molecule has 1 aromatic carbocycles. The van der Waals surface area contributed by atoms with Gasteiger partial charge in [-0.05, 0) is 17.7 Å². The first kappa shape index (κ1) is 10.6. The Morgan fingerprint density at radius 1 is 1.33 bits per heavy atom. The number of hydrogen-bond acceptors (Lipinski definition) is 2. The summed E-state index contributed by atoms with van der Waals surface area (Å²) in [6.45, 7) is 0.752. The minimum absolute atomic E-state index is 0.219. The van der Waals surface area contributed by atoms with Crippen LogP contribution in [0.1, 0.15) is 10.4 Å². The van der Waals surface area contributed by atoms with Gasteiger partial charge in [-0.2, -0.15) is 5.10 Å². The van der Waals surface area contributed by atoms with E-state index >= 15 is 0 Å². The van der Waals surface area contributed by atoms with Gasteiger partial charge in [-0.15, -0.1) is 0 Å². The third-order valence-corrected chi connectivity index (χ3v) is 3.12. The summed E-state index contributed by atoms with van der Waals surface area (Å²) in [5, 5.41) is 4.80. The van der Waals surface area contributed by atoms with E-state index in [1.165, 1.54) is 11.9 Å². The van der Waals surface area contributed by atoms with Gasteiger partial charge in [0.25, 0.3) is 0 Å². The predicted octanol–water partition coefficient (Wildman–Crippen LogP) is 3.07. The van der Waals surface area contributed by atoms with Crippen molar-refractivity contribution in [3.05, 3.63) is 47.5 Å². The molecule has 0 fully saturated rings. The van der Waals surface area contributed by atoms with Gasteiger partial charge in [0.2, 0.25) is 0 Å². The molecule has 1 atom stereocenters. The third-order valence-electron chi connectivity index (χ3n) is 2.05. The number of alkyl halides is 1. The highest BCUT2D eigenvalue weighted by Gasteiger charge is 2.08. The van der Waals surface area contributed by atoms with Gasteiger partial charge in [0.1, 0.15) is 12.7 Å². The number of benzene rings is 1. The summed E-state index contributed by atoms with van der Waals surface area (Å²) in [7, 11) is 0. The van der Waals surface area contributed by atoms with Crippen LogP contribution in [0, 0.1) is 0 Å². The van der Waals surface area contributed by atoms with Crippen LogP contribution in [-0.4, -0.2) is 14.8 Å². The molecule has 15 heavy (non-hydrogen) atoms. The lowest BCUT2D eigenvalue weighted by Crippen LogP contribution is -2.04. The van der Waals surface area contributed by atoms with Crippen LogP contribution in [0.4, 0.5) is 0 Å². The lowest BCUT2D eigenvalue weighted by molar-refractivity contribution is 0.610. The number of rotatable bonds is 3. The molecule has 1 unspecified atom stereocenters. The van der Waals surface area contributed by atoms with Crippen molar-refractivity contribution in [3.8, 4) is 0 Å². The summed E-state index contributed by atoms with van der Waals surface area (Å²) >= 11 is 9.42. The van der Waals surface area contributed by atoms with Crippen LogP contribution in [0.5, 0.6) is 0 Å². The van der Waals surface area contributed by atoms with E-state index in [0.29, 0.717) is 0 Å². The average Bonchev–Trinajstić information content (AvgIpc) is 2.71. The van der Waals surface area contributed by atoms with E-state index in [2.05, 4.69) is 26.0 Å². The average molecular weight is 287 g/mol. The van der Waals surface area contributed by atoms with Crippen LogP contribution in [0.15, 0.2) is 36.9 Å². The molecular weight excluding hydrogens is 277 g/mol. The lowest BCUT2D eigenvalue weighted by Gasteiger charge is -2.09. The molecule has 5 heteroatoms. The highest BCUT2D eigenvalue weighted by Crippen LogP contribution is 2.25. The van der Waals surface area contributed by atoms with Gasteiger partial charge in [0.15, 0.2) is 0 Å². The van der Waals surface area contributed by atoms with E-state index in [4.69, 9.17) is 11.6 Å². The van der Waals surface area contributed by atoms with Crippen molar-refractivity contribution in [2.24, 2.45) is 0 Å². The molecule has 0 saturated heterocycles. The van der Waals surface area contributed by atoms with Crippen molar-refractivity contribution in [2.45, 2.75) is 11.4 Å². The monoisotopic (exact) mass is 285 g/mol. The van der Waals surface area contributed by atoms with E-state index in [1.807, 2.05) is 24.3 Å². The molecule has 1 aromatic heterocycles. The van der Waals surface area contributed by atoms with E-state index in [1.54, 1.807) is 11.0 Å². The number of hydrogen-bond donors (Lipinski definition) is 0. The molecule has 0 N–H and O–H groups in total. The van der Waals surface area contributed by atoms with Crippen molar-refractivity contribution in [1.29, 1.82) is 0 Å². The minimum Gasteiger partial charge on any atom is -0.252 e. The number of aromatic nitrogens is 3. The zero-order valence-corrected chi connectivity index (χ0v) is 10.2. The maximum Gasteiger partial charge on any atom is 0.137 e. The molecule has 0 aliphatic heterocycles. The molecule has 0 spiro atoms. The topological polar surface area (TPSA) is 30.7 Å². The van der Waals surface area contributed by atoms with Crippen molar-refractivity contribution in [3.63, 3.8) is 0 Å². The van der Waals surface area contributed by atoms with Crippen LogP contribution >= 0.6 is 27.5 Å². The van der Waals surface area contributed by atoms with Gasteiger partial charge in [0, 0.05) is 5.02 Å². The largest absolute Gasteiger partial charge is 0.252 e. The first-order chi connectivity index (χ1) is 7.25. The highest BCUT2D eigenvalue weighted by atomic mass is 79.9. The summed E-state index contributed by atoms with van der Waals surface area (Å²) in [6, 6.07) is 7.76. The molecule has 0 amide bonds. The predicted molar refractivity (Wildman–Crippen MR) is 63.1 cm³/mol. The van der Waals surface area contributed by atoms with Crippen molar-refractivity contribution < 1.29 is 0 Å². The third kappa shape index (κ3) is 2.79. The molecule has 1 heterocycles. The molecular formula is C10H9BrClN3. The Kier molecular flexibility index (Phi) is 3.38. The fourth-order valence-electron chi connectivity index (χ4n) is 1.27. The molecule has 2 aromatic rings. The molecule has 0 aliphatic carbocycles. The van der Waals surface area contributed by atoms with Crippen LogP contribution in [0.3, 0.4) is 0 Å². The zero-order chi connectivity index (χ0) is 10.7.